The molecule has 0 bridgehead atoms. The lowest BCUT2D eigenvalue weighted by Gasteiger charge is -2.15. The van der Waals surface area contributed by atoms with Crippen molar-refractivity contribution in [2.75, 3.05) is 18.0 Å². The molecule has 1 aliphatic rings. The van der Waals surface area contributed by atoms with E-state index in [4.69, 9.17) is 4.42 Å². The number of aromatic nitrogens is 2. The van der Waals surface area contributed by atoms with Crippen LogP contribution in [0.1, 0.15) is 42.7 Å². The Morgan fingerprint density at radius 3 is 2.60 bits per heavy atom. The molecule has 2 aromatic heterocycles. The summed E-state index contributed by atoms with van der Waals surface area (Å²) >= 11 is 0. The van der Waals surface area contributed by atoms with Crippen LogP contribution < -0.4 is 10.2 Å². The Hall–Kier alpha value is -2.40. The number of fused-ring (bicyclic) bond motifs is 1. The van der Waals surface area contributed by atoms with Gasteiger partial charge in [-0.05, 0) is 38.3 Å². The Morgan fingerprint density at radius 1 is 1.16 bits per heavy atom. The van der Waals surface area contributed by atoms with E-state index in [-0.39, 0.29) is 6.04 Å². The summed E-state index contributed by atoms with van der Waals surface area (Å²) in [5.41, 5.74) is 3.24. The molecule has 0 saturated carbocycles. The van der Waals surface area contributed by atoms with Gasteiger partial charge in [0.2, 0.25) is 5.95 Å². The second-order valence-electron chi connectivity index (χ2n) is 6.78. The molecule has 1 aliphatic heterocycles. The molecular weight excluding hydrogens is 312 g/mol. The molecule has 0 unspecified atom stereocenters. The molecule has 0 spiro atoms. The number of rotatable bonds is 5. The van der Waals surface area contributed by atoms with Gasteiger partial charge in [-0.3, -0.25) is 0 Å². The highest BCUT2D eigenvalue weighted by Gasteiger charge is 2.17. The van der Waals surface area contributed by atoms with E-state index < -0.39 is 0 Å². The van der Waals surface area contributed by atoms with Crippen LogP contribution in [0.15, 0.2) is 41.1 Å². The van der Waals surface area contributed by atoms with Crippen LogP contribution in [-0.2, 0) is 6.54 Å². The van der Waals surface area contributed by atoms with Gasteiger partial charge in [-0.25, -0.2) is 9.97 Å². The minimum Gasteiger partial charge on any atom is -0.459 e. The molecule has 25 heavy (non-hydrogen) atoms. The molecule has 0 aliphatic carbocycles. The number of furan rings is 1. The van der Waals surface area contributed by atoms with Crippen LogP contribution >= 0.6 is 0 Å². The zero-order chi connectivity index (χ0) is 17.2. The van der Waals surface area contributed by atoms with Crippen LogP contribution in [0.2, 0.25) is 0 Å². The number of nitrogens with zero attached hydrogens (tertiary/aromatic N) is 3. The fourth-order valence-electron chi connectivity index (χ4n) is 3.49. The Labute approximate surface area is 148 Å². The standard InChI is InChI=1S/C20H24N4O/c1-14-17-7-3-4-8-18(17)25-19(14)15(2)21-11-16-12-22-20(23-13-16)24-9-5-6-10-24/h3-4,7-8,12-13,15,21H,5-6,9-11H2,1-2H3/t15-/m1/s1. The van der Waals surface area contributed by atoms with Gasteiger partial charge in [0, 0.05) is 43.0 Å². The minimum absolute atomic E-state index is 0.130. The number of nitrogens with one attached hydrogen (secondary N) is 1. The highest BCUT2D eigenvalue weighted by atomic mass is 16.3. The van der Waals surface area contributed by atoms with Gasteiger partial charge in [-0.2, -0.15) is 0 Å². The largest absolute Gasteiger partial charge is 0.459 e. The summed E-state index contributed by atoms with van der Waals surface area (Å²) in [6, 6.07) is 8.31. The predicted molar refractivity (Wildman–Crippen MR) is 99.7 cm³/mol. The highest BCUT2D eigenvalue weighted by molar-refractivity contribution is 5.82. The molecule has 1 atom stereocenters. The van der Waals surface area contributed by atoms with E-state index in [1.807, 2.05) is 30.6 Å². The Balaban J connectivity index is 1.42. The van der Waals surface area contributed by atoms with Crippen molar-refractivity contribution >= 4 is 16.9 Å². The Bertz CT molecular complexity index is 850. The average molecular weight is 336 g/mol. The Kier molecular flexibility index (Phi) is 4.40. The van der Waals surface area contributed by atoms with Gasteiger partial charge < -0.3 is 14.6 Å². The molecule has 1 N–H and O–H groups in total. The van der Waals surface area contributed by atoms with Gasteiger partial charge in [0.15, 0.2) is 0 Å². The third-order valence-corrected chi connectivity index (χ3v) is 4.97. The molecule has 5 nitrogen and oxygen atoms in total. The maximum atomic E-state index is 6.04. The normalized spacial score (nSPS) is 15.8. The summed E-state index contributed by atoms with van der Waals surface area (Å²) in [4.78, 5) is 11.3. The van der Waals surface area contributed by atoms with Crippen LogP contribution in [0.3, 0.4) is 0 Å². The van der Waals surface area contributed by atoms with Crippen molar-refractivity contribution in [1.29, 1.82) is 0 Å². The molecule has 130 valence electrons. The van der Waals surface area contributed by atoms with E-state index in [9.17, 15) is 0 Å². The molecule has 0 amide bonds. The summed E-state index contributed by atoms with van der Waals surface area (Å²) in [5, 5.41) is 4.70. The maximum Gasteiger partial charge on any atom is 0.225 e. The fraction of sp³-hybridized carbons (Fsp3) is 0.400. The molecule has 1 saturated heterocycles. The van der Waals surface area contributed by atoms with Crippen molar-refractivity contribution in [2.45, 2.75) is 39.3 Å². The lowest BCUT2D eigenvalue weighted by molar-refractivity contribution is 0.447. The van der Waals surface area contributed by atoms with Gasteiger partial charge in [-0.15, -0.1) is 0 Å². The predicted octanol–water partition coefficient (Wildman–Crippen LogP) is 3.98. The molecular formula is C20H24N4O. The number of benzene rings is 1. The summed E-state index contributed by atoms with van der Waals surface area (Å²) in [6.07, 6.45) is 6.32. The lowest BCUT2D eigenvalue weighted by Crippen LogP contribution is -2.21. The van der Waals surface area contributed by atoms with Gasteiger partial charge in [0.05, 0.1) is 6.04 Å². The SMILES string of the molecule is Cc1c([C@@H](C)NCc2cnc(N3CCCC3)nc2)oc2ccccc12. The smallest absolute Gasteiger partial charge is 0.225 e. The van der Waals surface area contributed by atoms with Gasteiger partial charge in [-0.1, -0.05) is 18.2 Å². The third kappa shape index (κ3) is 3.24. The van der Waals surface area contributed by atoms with E-state index in [0.717, 1.165) is 42.5 Å². The van der Waals surface area contributed by atoms with Crippen LogP contribution in [0.5, 0.6) is 0 Å². The van der Waals surface area contributed by atoms with E-state index in [1.54, 1.807) is 0 Å². The van der Waals surface area contributed by atoms with Crippen molar-refractivity contribution in [3.63, 3.8) is 0 Å². The van der Waals surface area contributed by atoms with Gasteiger partial charge in [0.25, 0.3) is 0 Å². The van der Waals surface area contributed by atoms with Crippen LogP contribution in [-0.4, -0.2) is 23.1 Å². The number of hydrogen-bond acceptors (Lipinski definition) is 5. The topological polar surface area (TPSA) is 54.2 Å². The van der Waals surface area contributed by atoms with Gasteiger partial charge in [0.1, 0.15) is 11.3 Å². The molecule has 5 heteroatoms. The lowest BCUT2D eigenvalue weighted by atomic mass is 10.1. The number of aryl methyl sites for hydroxylation is 1. The zero-order valence-corrected chi connectivity index (χ0v) is 14.8. The van der Waals surface area contributed by atoms with Crippen molar-refractivity contribution in [3.8, 4) is 0 Å². The number of hydrogen-bond donors (Lipinski definition) is 1. The molecule has 4 rings (SSSR count). The maximum absolute atomic E-state index is 6.04. The van der Waals surface area contributed by atoms with Crippen molar-refractivity contribution < 1.29 is 4.42 Å². The van der Waals surface area contributed by atoms with Gasteiger partial charge >= 0.3 is 0 Å². The van der Waals surface area contributed by atoms with Crippen molar-refractivity contribution in [3.05, 3.63) is 53.5 Å². The average Bonchev–Trinajstić information content (AvgIpc) is 3.29. The van der Waals surface area contributed by atoms with E-state index in [2.05, 4.69) is 40.1 Å². The van der Waals surface area contributed by atoms with E-state index in [1.165, 1.54) is 23.8 Å². The first kappa shape index (κ1) is 16.1. The minimum atomic E-state index is 0.130. The second kappa shape index (κ2) is 6.84. The second-order valence-corrected chi connectivity index (χ2v) is 6.78. The summed E-state index contributed by atoms with van der Waals surface area (Å²) in [7, 11) is 0. The van der Waals surface area contributed by atoms with Crippen LogP contribution in [0, 0.1) is 6.92 Å². The van der Waals surface area contributed by atoms with Crippen molar-refractivity contribution in [2.24, 2.45) is 0 Å². The van der Waals surface area contributed by atoms with Crippen LogP contribution in [0.25, 0.3) is 11.0 Å². The van der Waals surface area contributed by atoms with E-state index in [0.29, 0.717) is 0 Å². The highest BCUT2D eigenvalue weighted by Crippen LogP contribution is 2.29. The number of para-hydroxylation sites is 1. The summed E-state index contributed by atoms with van der Waals surface area (Å²) in [6.45, 7) is 7.11. The quantitative estimate of drug-likeness (QED) is 0.764. The van der Waals surface area contributed by atoms with E-state index >= 15 is 0 Å². The molecule has 3 aromatic rings. The molecule has 1 aromatic carbocycles. The summed E-state index contributed by atoms with van der Waals surface area (Å²) < 4.78 is 6.04. The Morgan fingerprint density at radius 2 is 1.88 bits per heavy atom. The molecule has 3 heterocycles. The first-order valence-corrected chi connectivity index (χ1v) is 8.99. The fourth-order valence-corrected chi connectivity index (χ4v) is 3.49. The first-order chi connectivity index (χ1) is 12.2. The van der Waals surface area contributed by atoms with Crippen LogP contribution in [0.4, 0.5) is 5.95 Å². The molecule has 0 radical (unpaired) electrons. The zero-order valence-electron chi connectivity index (χ0n) is 14.8. The molecule has 1 fully saturated rings. The number of anilines is 1. The first-order valence-electron chi connectivity index (χ1n) is 8.99. The monoisotopic (exact) mass is 336 g/mol. The van der Waals surface area contributed by atoms with Crippen molar-refractivity contribution in [1.82, 2.24) is 15.3 Å². The third-order valence-electron chi connectivity index (χ3n) is 4.97. The summed E-state index contributed by atoms with van der Waals surface area (Å²) in [5.74, 6) is 1.85.